The third-order valence-corrected chi connectivity index (χ3v) is 2.42. The van der Waals surface area contributed by atoms with E-state index in [-0.39, 0.29) is 17.0 Å². The van der Waals surface area contributed by atoms with Crippen LogP contribution in [0.1, 0.15) is 35.5 Å². The number of carbonyl (C=O) groups excluding carboxylic acids is 1. The molecule has 0 unspecified atom stereocenters. The molecule has 1 aromatic rings. The Morgan fingerprint density at radius 1 is 1.40 bits per heavy atom. The molecule has 1 rings (SSSR count). The van der Waals surface area contributed by atoms with Crippen molar-refractivity contribution >= 4 is 5.91 Å². The molecule has 4 nitrogen and oxygen atoms in total. The van der Waals surface area contributed by atoms with Crippen LogP contribution in [0.15, 0.2) is 10.9 Å². The fourth-order valence-corrected chi connectivity index (χ4v) is 1.55. The highest BCUT2D eigenvalue weighted by Crippen LogP contribution is 2.07. The van der Waals surface area contributed by atoms with Crippen molar-refractivity contribution in [3.05, 3.63) is 33.2 Å². The van der Waals surface area contributed by atoms with E-state index in [0.717, 1.165) is 24.1 Å². The monoisotopic (exact) mass is 208 g/mol. The summed E-state index contributed by atoms with van der Waals surface area (Å²) in [4.78, 5) is 25.7. The van der Waals surface area contributed by atoms with Gasteiger partial charge in [-0.15, -0.1) is 0 Å². The van der Waals surface area contributed by atoms with E-state index in [9.17, 15) is 9.59 Å². The van der Waals surface area contributed by atoms with Gasteiger partial charge in [0.15, 0.2) is 0 Å². The summed E-state index contributed by atoms with van der Waals surface area (Å²) >= 11 is 0. The molecule has 0 aliphatic rings. The van der Waals surface area contributed by atoms with Gasteiger partial charge in [-0.2, -0.15) is 0 Å². The lowest BCUT2D eigenvalue weighted by atomic mass is 10.1. The van der Waals surface area contributed by atoms with Gasteiger partial charge < -0.3 is 10.3 Å². The van der Waals surface area contributed by atoms with E-state index in [1.54, 1.807) is 6.07 Å². The van der Waals surface area contributed by atoms with Gasteiger partial charge in [-0.1, -0.05) is 13.8 Å². The van der Waals surface area contributed by atoms with E-state index < -0.39 is 0 Å². The zero-order chi connectivity index (χ0) is 11.4. The van der Waals surface area contributed by atoms with Crippen LogP contribution in [0.5, 0.6) is 0 Å². The van der Waals surface area contributed by atoms with Crippen molar-refractivity contribution < 1.29 is 4.79 Å². The molecule has 0 aliphatic heterocycles. The van der Waals surface area contributed by atoms with Crippen LogP contribution in [0, 0.1) is 0 Å². The number of rotatable bonds is 3. The predicted octanol–water partition coefficient (Wildman–Crippen LogP) is 0.859. The third kappa shape index (κ3) is 2.26. The topological polar surface area (TPSA) is 62.0 Å². The lowest BCUT2D eigenvalue weighted by Gasteiger charge is -2.07. The largest absolute Gasteiger partial charge is 0.355 e. The van der Waals surface area contributed by atoms with Crippen LogP contribution < -0.4 is 10.9 Å². The van der Waals surface area contributed by atoms with Crippen LogP contribution in [0.25, 0.3) is 0 Å². The first-order valence-electron chi connectivity index (χ1n) is 5.11. The molecule has 0 aromatic carbocycles. The Hall–Kier alpha value is -1.58. The molecule has 1 amide bonds. The number of aromatic nitrogens is 1. The van der Waals surface area contributed by atoms with Gasteiger partial charge in [-0.05, 0) is 24.5 Å². The minimum atomic E-state index is -0.339. The molecule has 0 saturated heterocycles. The minimum absolute atomic E-state index is 0.187. The van der Waals surface area contributed by atoms with Crippen LogP contribution in [0.2, 0.25) is 0 Å². The summed E-state index contributed by atoms with van der Waals surface area (Å²) in [7, 11) is 1.52. The van der Waals surface area contributed by atoms with Crippen molar-refractivity contribution in [3.63, 3.8) is 0 Å². The average molecular weight is 208 g/mol. The van der Waals surface area contributed by atoms with Crippen molar-refractivity contribution in [2.45, 2.75) is 26.7 Å². The predicted molar refractivity (Wildman–Crippen MR) is 59.2 cm³/mol. The fourth-order valence-electron chi connectivity index (χ4n) is 1.55. The number of aromatic amines is 1. The van der Waals surface area contributed by atoms with Gasteiger partial charge in [0.05, 0.1) is 0 Å². The summed E-state index contributed by atoms with van der Waals surface area (Å²) < 4.78 is 0. The Bertz CT molecular complexity index is 421. The summed E-state index contributed by atoms with van der Waals surface area (Å²) in [5.41, 5.74) is 1.81. The molecule has 0 spiro atoms. The summed E-state index contributed by atoms with van der Waals surface area (Å²) in [5, 5.41) is 2.45. The highest BCUT2D eigenvalue weighted by molar-refractivity contribution is 5.93. The van der Waals surface area contributed by atoms with Gasteiger partial charge in [0, 0.05) is 12.7 Å². The molecule has 0 bridgehead atoms. The molecule has 0 radical (unpaired) electrons. The second-order valence-electron chi connectivity index (χ2n) is 3.30. The molecule has 0 atom stereocenters. The molecule has 0 fully saturated rings. The Balaban J connectivity index is 3.32. The Labute approximate surface area is 88.7 Å². The second kappa shape index (κ2) is 4.77. The van der Waals surface area contributed by atoms with E-state index in [1.165, 1.54) is 7.05 Å². The van der Waals surface area contributed by atoms with Crippen molar-refractivity contribution in [3.8, 4) is 0 Å². The summed E-state index contributed by atoms with van der Waals surface area (Å²) in [6, 6.07) is 1.68. The second-order valence-corrected chi connectivity index (χ2v) is 3.30. The summed E-state index contributed by atoms with van der Waals surface area (Å²) in [5.74, 6) is -0.339. The number of amides is 1. The van der Waals surface area contributed by atoms with Crippen molar-refractivity contribution in [2.24, 2.45) is 0 Å². The SMILES string of the molecule is CCc1cc(C(=O)NC)c(=O)[nH]c1CC. The maximum Gasteiger partial charge on any atom is 0.261 e. The first-order chi connectivity index (χ1) is 7.13. The van der Waals surface area contributed by atoms with Crippen molar-refractivity contribution in [1.29, 1.82) is 0 Å². The summed E-state index contributed by atoms with van der Waals surface area (Å²) in [6.07, 6.45) is 1.58. The number of hydrogen-bond acceptors (Lipinski definition) is 2. The summed E-state index contributed by atoms with van der Waals surface area (Å²) in [6.45, 7) is 3.98. The van der Waals surface area contributed by atoms with Crippen molar-refractivity contribution in [2.75, 3.05) is 7.05 Å². The molecule has 0 saturated carbocycles. The molecular formula is C11H16N2O2. The smallest absolute Gasteiger partial charge is 0.261 e. The Kier molecular flexibility index (Phi) is 3.66. The van der Waals surface area contributed by atoms with Gasteiger partial charge in [0.25, 0.3) is 11.5 Å². The first kappa shape index (κ1) is 11.5. The fraction of sp³-hybridized carbons (Fsp3) is 0.455. The molecule has 1 aromatic heterocycles. The zero-order valence-corrected chi connectivity index (χ0v) is 9.31. The highest BCUT2D eigenvalue weighted by Gasteiger charge is 2.11. The number of pyridine rings is 1. The molecule has 0 aliphatic carbocycles. The molecule has 15 heavy (non-hydrogen) atoms. The molecule has 82 valence electrons. The van der Waals surface area contributed by atoms with Crippen molar-refractivity contribution in [1.82, 2.24) is 10.3 Å². The van der Waals surface area contributed by atoms with Gasteiger partial charge in [0.1, 0.15) is 5.56 Å². The number of H-pyrrole nitrogens is 1. The number of aryl methyl sites for hydroxylation is 2. The lowest BCUT2D eigenvalue weighted by molar-refractivity contribution is 0.0961. The molecule has 1 heterocycles. The van der Waals surface area contributed by atoms with E-state index in [4.69, 9.17) is 0 Å². The zero-order valence-electron chi connectivity index (χ0n) is 9.31. The van der Waals surface area contributed by atoms with E-state index >= 15 is 0 Å². The number of nitrogens with one attached hydrogen (secondary N) is 2. The molecule has 4 heteroatoms. The Morgan fingerprint density at radius 3 is 2.53 bits per heavy atom. The van der Waals surface area contributed by atoms with Crippen LogP contribution in [0.3, 0.4) is 0 Å². The van der Waals surface area contributed by atoms with Gasteiger partial charge in [-0.25, -0.2) is 0 Å². The van der Waals surface area contributed by atoms with Crippen LogP contribution in [-0.2, 0) is 12.8 Å². The van der Waals surface area contributed by atoms with Crippen LogP contribution >= 0.6 is 0 Å². The number of hydrogen-bond donors (Lipinski definition) is 2. The van der Waals surface area contributed by atoms with Gasteiger partial charge >= 0.3 is 0 Å². The average Bonchev–Trinajstić information content (AvgIpc) is 2.27. The first-order valence-corrected chi connectivity index (χ1v) is 5.11. The molecular weight excluding hydrogens is 192 g/mol. The van der Waals surface area contributed by atoms with Crippen LogP contribution in [-0.4, -0.2) is 17.9 Å². The van der Waals surface area contributed by atoms with E-state index in [1.807, 2.05) is 13.8 Å². The number of carbonyl (C=O) groups is 1. The third-order valence-electron chi connectivity index (χ3n) is 2.42. The van der Waals surface area contributed by atoms with Crippen LogP contribution in [0.4, 0.5) is 0 Å². The quantitative estimate of drug-likeness (QED) is 0.774. The molecule has 2 N–H and O–H groups in total. The highest BCUT2D eigenvalue weighted by atomic mass is 16.2. The van der Waals surface area contributed by atoms with E-state index in [0.29, 0.717) is 0 Å². The Morgan fingerprint density at radius 2 is 2.07 bits per heavy atom. The van der Waals surface area contributed by atoms with E-state index in [2.05, 4.69) is 10.3 Å². The normalized spacial score (nSPS) is 10.1. The lowest BCUT2D eigenvalue weighted by Crippen LogP contribution is -2.27. The van der Waals surface area contributed by atoms with Gasteiger partial charge in [-0.3, -0.25) is 9.59 Å². The standard InChI is InChI=1S/C11H16N2O2/c1-4-7-6-8(10(14)12-3)11(15)13-9(7)5-2/h6H,4-5H2,1-3H3,(H,12,14)(H,13,15). The van der Waals surface area contributed by atoms with Gasteiger partial charge in [0.2, 0.25) is 0 Å². The minimum Gasteiger partial charge on any atom is -0.355 e. The maximum absolute atomic E-state index is 11.6. The maximum atomic E-state index is 11.6.